The number of hydrogen-bond acceptors (Lipinski definition) is 2. The molecule has 0 aliphatic carbocycles. The Hall–Kier alpha value is 1.17. The SMILES string of the molecule is CCCC(C(=O)O)C(=O)O.[KH].[LiH]. The van der Waals surface area contributed by atoms with E-state index >= 15 is 0 Å². The van der Waals surface area contributed by atoms with E-state index in [4.69, 9.17) is 10.2 Å². The molecule has 0 amide bonds. The first-order valence-electron chi connectivity index (χ1n) is 3.05. The first-order valence-corrected chi connectivity index (χ1v) is 3.05. The van der Waals surface area contributed by atoms with E-state index in [-0.39, 0.29) is 76.7 Å². The molecule has 0 rings (SSSR count). The minimum absolute atomic E-state index is 0. The molecule has 0 saturated heterocycles. The molecule has 62 valence electrons. The van der Waals surface area contributed by atoms with Gasteiger partial charge in [0, 0.05) is 0 Å². The van der Waals surface area contributed by atoms with Gasteiger partial charge in [0.2, 0.25) is 0 Å². The van der Waals surface area contributed by atoms with Crippen molar-refractivity contribution in [2.75, 3.05) is 0 Å². The molecule has 0 aromatic heterocycles. The van der Waals surface area contributed by atoms with Crippen LogP contribution < -0.4 is 0 Å². The van der Waals surface area contributed by atoms with Gasteiger partial charge in [-0.05, 0) is 6.42 Å². The zero-order valence-electron chi connectivity index (χ0n) is 5.70. The summed E-state index contributed by atoms with van der Waals surface area (Å²) in [7, 11) is 0. The number of carboxylic acid groups (broad SMARTS) is 2. The van der Waals surface area contributed by atoms with E-state index in [2.05, 4.69) is 0 Å². The van der Waals surface area contributed by atoms with Crippen LogP contribution >= 0.6 is 0 Å². The fraction of sp³-hybridized carbons (Fsp3) is 0.667. The van der Waals surface area contributed by atoms with Crippen LogP contribution in [-0.2, 0) is 9.59 Å². The Balaban J connectivity index is -0.000000405. The van der Waals surface area contributed by atoms with E-state index in [0.29, 0.717) is 6.42 Å². The summed E-state index contributed by atoms with van der Waals surface area (Å²) in [4.78, 5) is 20.3. The molecule has 0 aliphatic heterocycles. The van der Waals surface area contributed by atoms with Crippen molar-refractivity contribution in [3.05, 3.63) is 0 Å². The van der Waals surface area contributed by atoms with E-state index in [0.717, 1.165) is 0 Å². The van der Waals surface area contributed by atoms with Gasteiger partial charge in [0.25, 0.3) is 0 Å². The van der Waals surface area contributed by atoms with Crippen molar-refractivity contribution >= 4 is 82.2 Å². The third-order valence-electron chi connectivity index (χ3n) is 1.17. The van der Waals surface area contributed by atoms with E-state index in [1.165, 1.54) is 0 Å². The van der Waals surface area contributed by atoms with Crippen LogP contribution in [0.15, 0.2) is 0 Å². The molecule has 0 aliphatic rings. The molecule has 6 heteroatoms. The van der Waals surface area contributed by atoms with Crippen LogP contribution in [0, 0.1) is 5.92 Å². The van der Waals surface area contributed by atoms with Crippen molar-refractivity contribution in [2.45, 2.75) is 19.8 Å². The third-order valence-corrected chi connectivity index (χ3v) is 1.17. The van der Waals surface area contributed by atoms with Crippen LogP contribution in [0.2, 0.25) is 0 Å². The van der Waals surface area contributed by atoms with Gasteiger partial charge < -0.3 is 10.2 Å². The van der Waals surface area contributed by atoms with Gasteiger partial charge in [0.05, 0.1) is 0 Å². The molecule has 0 atom stereocenters. The predicted octanol–water partition coefficient (Wildman–Crippen LogP) is -0.725. The van der Waals surface area contributed by atoms with E-state index in [1.807, 2.05) is 0 Å². The average Bonchev–Trinajstić information content (AvgIpc) is 1.81. The van der Waals surface area contributed by atoms with Crippen molar-refractivity contribution in [3.63, 3.8) is 0 Å². The summed E-state index contributed by atoms with van der Waals surface area (Å²) < 4.78 is 0. The van der Waals surface area contributed by atoms with Crippen LogP contribution in [0.5, 0.6) is 0 Å². The zero-order chi connectivity index (χ0) is 8.15. The molecule has 0 heterocycles. The van der Waals surface area contributed by atoms with E-state index in [1.54, 1.807) is 6.92 Å². The molecule has 0 spiro atoms. The Morgan fingerprint density at radius 3 is 1.67 bits per heavy atom. The van der Waals surface area contributed by atoms with E-state index < -0.39 is 17.9 Å². The second-order valence-electron chi connectivity index (χ2n) is 2.02. The average molecular weight is 194 g/mol. The molecule has 0 aromatic rings. The van der Waals surface area contributed by atoms with Crippen LogP contribution in [0.25, 0.3) is 0 Å². The molecule has 0 radical (unpaired) electrons. The fourth-order valence-corrected chi connectivity index (χ4v) is 0.641. The quantitative estimate of drug-likeness (QED) is 0.457. The van der Waals surface area contributed by atoms with Gasteiger partial charge in [-0.25, -0.2) is 0 Å². The van der Waals surface area contributed by atoms with Gasteiger partial charge in [-0.1, -0.05) is 13.3 Å². The summed E-state index contributed by atoms with van der Waals surface area (Å²) in [6, 6.07) is 0. The number of rotatable bonds is 4. The molecule has 2 N–H and O–H groups in total. The van der Waals surface area contributed by atoms with E-state index in [9.17, 15) is 9.59 Å². The maximum absolute atomic E-state index is 10.2. The van der Waals surface area contributed by atoms with Gasteiger partial charge >= 0.3 is 82.2 Å². The molecule has 0 aromatic carbocycles. The van der Waals surface area contributed by atoms with Gasteiger partial charge in [-0.2, -0.15) is 0 Å². The fourth-order valence-electron chi connectivity index (χ4n) is 0.641. The number of hydrogen-bond donors (Lipinski definition) is 2. The molecule has 0 fully saturated rings. The summed E-state index contributed by atoms with van der Waals surface area (Å²) in [5.41, 5.74) is 0. The minimum atomic E-state index is -1.26. The van der Waals surface area contributed by atoms with Crippen molar-refractivity contribution < 1.29 is 19.8 Å². The Morgan fingerprint density at radius 1 is 1.25 bits per heavy atom. The van der Waals surface area contributed by atoms with Crippen LogP contribution in [-0.4, -0.2) is 92.4 Å². The molecule has 0 unspecified atom stereocenters. The summed E-state index contributed by atoms with van der Waals surface area (Å²) in [5, 5.41) is 16.6. The zero-order valence-corrected chi connectivity index (χ0v) is 5.70. The predicted molar refractivity (Wildman–Crippen MR) is 48.0 cm³/mol. The standard InChI is InChI=1S/C6H10O4.K.Li.2H/c1-2-3-4(5(7)8)6(9)10;;;;/h4H,2-3H2,1H3,(H,7,8)(H,9,10);;;;. The third kappa shape index (κ3) is 7.80. The Bertz CT molecular complexity index is 136. The van der Waals surface area contributed by atoms with Gasteiger partial charge in [0.1, 0.15) is 0 Å². The molecule has 12 heavy (non-hydrogen) atoms. The topological polar surface area (TPSA) is 74.6 Å². The van der Waals surface area contributed by atoms with Crippen molar-refractivity contribution in [2.24, 2.45) is 5.92 Å². The Labute approximate surface area is 126 Å². The molecule has 0 bridgehead atoms. The molecule has 0 saturated carbocycles. The second-order valence-corrected chi connectivity index (χ2v) is 2.02. The van der Waals surface area contributed by atoms with Crippen molar-refractivity contribution in [3.8, 4) is 0 Å². The number of carbonyl (C=O) groups is 2. The molecular formula is C6H12KLiO4. The first-order chi connectivity index (χ1) is 4.59. The van der Waals surface area contributed by atoms with Gasteiger partial charge in [0.15, 0.2) is 5.92 Å². The first kappa shape index (κ1) is 18.9. The summed E-state index contributed by atoms with van der Waals surface area (Å²) in [6.07, 6.45) is 0.772. The summed E-state index contributed by atoms with van der Waals surface area (Å²) in [6.45, 7) is 1.75. The van der Waals surface area contributed by atoms with Crippen LogP contribution in [0.1, 0.15) is 19.8 Å². The number of carboxylic acids is 2. The van der Waals surface area contributed by atoms with Crippen LogP contribution in [0.4, 0.5) is 0 Å². The second kappa shape index (κ2) is 10.3. The normalized spacial score (nSPS) is 8.17. The van der Waals surface area contributed by atoms with Crippen LogP contribution in [0.3, 0.4) is 0 Å². The summed E-state index contributed by atoms with van der Waals surface area (Å²) in [5.74, 6) is -3.74. The van der Waals surface area contributed by atoms with Crippen molar-refractivity contribution in [1.82, 2.24) is 0 Å². The van der Waals surface area contributed by atoms with Gasteiger partial charge in [-0.3, -0.25) is 9.59 Å². The Kier molecular flexibility index (Phi) is 16.1. The molecular weight excluding hydrogens is 182 g/mol. The number of aliphatic carboxylic acids is 2. The van der Waals surface area contributed by atoms with Gasteiger partial charge in [-0.15, -0.1) is 0 Å². The monoisotopic (exact) mass is 194 g/mol. The van der Waals surface area contributed by atoms with Crippen molar-refractivity contribution in [1.29, 1.82) is 0 Å². The Morgan fingerprint density at radius 2 is 1.58 bits per heavy atom. The maximum atomic E-state index is 10.2. The molecule has 4 nitrogen and oxygen atoms in total. The summed E-state index contributed by atoms with van der Waals surface area (Å²) >= 11 is 0.